The molecule has 1 aliphatic carbocycles. The van der Waals surface area contributed by atoms with E-state index in [0.717, 1.165) is 19.3 Å². The molecule has 2 amide bonds. The number of halogens is 1. The van der Waals surface area contributed by atoms with E-state index in [1.54, 1.807) is 19.2 Å². The van der Waals surface area contributed by atoms with Crippen LogP contribution in [0.1, 0.15) is 42.5 Å². The Hall–Kier alpha value is -1.63. The molecule has 160 valence electrons. The van der Waals surface area contributed by atoms with Crippen LogP contribution in [-0.4, -0.2) is 74.1 Å². The molecule has 0 bridgehead atoms. The summed E-state index contributed by atoms with van der Waals surface area (Å²) >= 11 is 6.20. The molecule has 29 heavy (non-hydrogen) atoms. The monoisotopic (exact) mass is 421 g/mol. The number of ether oxygens (including phenoxy) is 1. The van der Waals surface area contributed by atoms with Gasteiger partial charge in [0.25, 0.3) is 5.91 Å². The van der Waals surface area contributed by atoms with Crippen molar-refractivity contribution < 1.29 is 14.3 Å². The lowest BCUT2D eigenvalue weighted by atomic mass is 9.95. The summed E-state index contributed by atoms with van der Waals surface area (Å²) in [6, 6.07) is 7.08. The fourth-order valence-electron chi connectivity index (χ4n) is 4.49. The maximum atomic E-state index is 13.0. The lowest BCUT2D eigenvalue weighted by Crippen LogP contribution is -2.58. The van der Waals surface area contributed by atoms with Crippen LogP contribution >= 0.6 is 11.6 Å². The van der Waals surface area contributed by atoms with Crippen LogP contribution in [0.2, 0.25) is 5.02 Å². The SMILES string of the molecule is COCCCNC(=O)[C@@H](C1CCCC1)N1CCN(C(=O)c2ccccc2Cl)CC1. The van der Waals surface area contributed by atoms with Gasteiger partial charge in [0, 0.05) is 46.4 Å². The molecule has 1 saturated carbocycles. The number of nitrogens with zero attached hydrogens (tertiary/aromatic N) is 2. The van der Waals surface area contributed by atoms with Gasteiger partial charge in [-0.25, -0.2) is 0 Å². The molecule has 7 heteroatoms. The first-order chi connectivity index (χ1) is 14.1. The first kappa shape index (κ1) is 22.1. The second kappa shape index (κ2) is 11.0. The molecular formula is C22H32ClN3O3. The summed E-state index contributed by atoms with van der Waals surface area (Å²) in [6.07, 6.45) is 5.43. The van der Waals surface area contributed by atoms with E-state index in [0.29, 0.717) is 55.8 Å². The van der Waals surface area contributed by atoms with Crippen molar-refractivity contribution in [1.29, 1.82) is 0 Å². The first-order valence-corrected chi connectivity index (χ1v) is 11.0. The summed E-state index contributed by atoms with van der Waals surface area (Å²) in [6.45, 7) is 3.94. The zero-order chi connectivity index (χ0) is 20.6. The number of amides is 2. The highest BCUT2D eigenvalue weighted by molar-refractivity contribution is 6.33. The van der Waals surface area contributed by atoms with Crippen molar-refractivity contribution >= 4 is 23.4 Å². The highest BCUT2D eigenvalue weighted by Gasteiger charge is 2.37. The Morgan fingerprint density at radius 2 is 1.86 bits per heavy atom. The van der Waals surface area contributed by atoms with Gasteiger partial charge in [-0.15, -0.1) is 0 Å². The molecular weight excluding hydrogens is 390 g/mol. The third-order valence-electron chi connectivity index (χ3n) is 6.04. The molecule has 6 nitrogen and oxygen atoms in total. The van der Waals surface area contributed by atoms with Crippen molar-refractivity contribution in [2.45, 2.75) is 38.1 Å². The van der Waals surface area contributed by atoms with E-state index in [1.807, 2.05) is 17.0 Å². The summed E-state index contributed by atoms with van der Waals surface area (Å²) in [7, 11) is 1.67. The van der Waals surface area contributed by atoms with E-state index in [2.05, 4.69) is 10.2 Å². The van der Waals surface area contributed by atoms with Gasteiger partial charge in [-0.1, -0.05) is 36.6 Å². The molecule has 0 aromatic heterocycles. The summed E-state index contributed by atoms with van der Waals surface area (Å²) in [5.74, 6) is 0.499. The zero-order valence-electron chi connectivity index (χ0n) is 17.2. The summed E-state index contributed by atoms with van der Waals surface area (Å²) in [5.41, 5.74) is 0.547. The quantitative estimate of drug-likeness (QED) is 0.655. The van der Waals surface area contributed by atoms with Gasteiger partial charge < -0.3 is 15.0 Å². The van der Waals surface area contributed by atoms with E-state index in [9.17, 15) is 9.59 Å². The van der Waals surface area contributed by atoms with Crippen LogP contribution in [0.25, 0.3) is 0 Å². The Balaban J connectivity index is 1.60. The largest absolute Gasteiger partial charge is 0.385 e. The Bertz CT molecular complexity index is 686. The number of piperazine rings is 1. The van der Waals surface area contributed by atoms with Crippen LogP contribution in [0.15, 0.2) is 24.3 Å². The predicted octanol–water partition coefficient (Wildman–Crippen LogP) is 2.81. The number of methoxy groups -OCH3 is 1. The molecule has 1 N–H and O–H groups in total. The van der Waals surface area contributed by atoms with Crippen molar-refractivity contribution in [3.8, 4) is 0 Å². The molecule has 2 aliphatic rings. The highest BCUT2D eigenvalue weighted by Crippen LogP contribution is 2.31. The second-order valence-electron chi connectivity index (χ2n) is 7.93. The predicted molar refractivity (Wildman–Crippen MR) is 114 cm³/mol. The standard InChI is InChI=1S/C22H32ClN3O3/c1-29-16-6-11-24-21(27)20(17-7-2-3-8-17)25-12-14-26(15-13-25)22(28)18-9-4-5-10-19(18)23/h4-5,9-10,17,20H,2-3,6-8,11-16H2,1H3,(H,24,27)/t20-/m1/s1. The molecule has 1 aliphatic heterocycles. The number of carbonyl (C=O) groups is 2. The van der Waals surface area contributed by atoms with Gasteiger partial charge in [-0.05, 0) is 37.3 Å². The van der Waals surface area contributed by atoms with E-state index in [1.165, 1.54) is 12.8 Å². The van der Waals surface area contributed by atoms with Crippen LogP contribution in [0, 0.1) is 5.92 Å². The first-order valence-electron chi connectivity index (χ1n) is 10.7. The normalized spacial score (nSPS) is 19.3. The molecule has 1 saturated heterocycles. The number of rotatable bonds is 8. The van der Waals surface area contributed by atoms with Gasteiger partial charge in [0.1, 0.15) is 0 Å². The fourth-order valence-corrected chi connectivity index (χ4v) is 4.71. The van der Waals surface area contributed by atoms with Gasteiger partial charge in [0.2, 0.25) is 5.91 Å². The van der Waals surface area contributed by atoms with Crippen LogP contribution in [-0.2, 0) is 9.53 Å². The van der Waals surface area contributed by atoms with Gasteiger partial charge in [-0.3, -0.25) is 14.5 Å². The molecule has 1 aromatic rings. The smallest absolute Gasteiger partial charge is 0.255 e. The molecule has 3 rings (SSSR count). The van der Waals surface area contributed by atoms with Crippen LogP contribution in [0.3, 0.4) is 0 Å². The third-order valence-corrected chi connectivity index (χ3v) is 6.37. The Kier molecular flexibility index (Phi) is 8.33. The molecule has 0 unspecified atom stereocenters. The Morgan fingerprint density at radius 1 is 1.17 bits per heavy atom. The zero-order valence-corrected chi connectivity index (χ0v) is 18.0. The molecule has 2 fully saturated rings. The van der Waals surface area contributed by atoms with Crippen molar-refractivity contribution in [3.05, 3.63) is 34.9 Å². The van der Waals surface area contributed by atoms with Crippen molar-refractivity contribution in [3.63, 3.8) is 0 Å². The van der Waals surface area contributed by atoms with Gasteiger partial charge in [0.15, 0.2) is 0 Å². The average molecular weight is 422 g/mol. The van der Waals surface area contributed by atoms with Crippen LogP contribution in [0.4, 0.5) is 0 Å². The summed E-state index contributed by atoms with van der Waals surface area (Å²) in [4.78, 5) is 29.9. The number of hydrogen-bond acceptors (Lipinski definition) is 4. The van der Waals surface area contributed by atoms with E-state index in [4.69, 9.17) is 16.3 Å². The lowest BCUT2D eigenvalue weighted by Gasteiger charge is -2.40. The summed E-state index contributed by atoms with van der Waals surface area (Å²) in [5, 5.41) is 3.59. The Labute approximate surface area is 178 Å². The van der Waals surface area contributed by atoms with E-state index >= 15 is 0 Å². The minimum atomic E-state index is -0.0994. The second-order valence-corrected chi connectivity index (χ2v) is 8.34. The minimum absolute atomic E-state index is 0.0308. The fraction of sp³-hybridized carbons (Fsp3) is 0.636. The molecule has 1 aromatic carbocycles. The topological polar surface area (TPSA) is 61.9 Å². The maximum absolute atomic E-state index is 13.0. The van der Waals surface area contributed by atoms with E-state index in [-0.39, 0.29) is 17.9 Å². The van der Waals surface area contributed by atoms with Gasteiger partial charge in [-0.2, -0.15) is 0 Å². The minimum Gasteiger partial charge on any atom is -0.385 e. The Morgan fingerprint density at radius 3 is 2.52 bits per heavy atom. The van der Waals surface area contributed by atoms with E-state index < -0.39 is 0 Å². The van der Waals surface area contributed by atoms with Crippen molar-refractivity contribution in [1.82, 2.24) is 15.1 Å². The number of hydrogen-bond donors (Lipinski definition) is 1. The van der Waals surface area contributed by atoms with Crippen LogP contribution in [0.5, 0.6) is 0 Å². The molecule has 1 atom stereocenters. The number of carbonyl (C=O) groups excluding carboxylic acids is 2. The highest BCUT2D eigenvalue weighted by atomic mass is 35.5. The van der Waals surface area contributed by atoms with Gasteiger partial charge >= 0.3 is 0 Å². The third kappa shape index (κ3) is 5.71. The maximum Gasteiger partial charge on any atom is 0.255 e. The molecule has 1 heterocycles. The number of benzene rings is 1. The molecule has 0 spiro atoms. The average Bonchev–Trinajstić information content (AvgIpc) is 3.26. The molecule has 0 radical (unpaired) electrons. The van der Waals surface area contributed by atoms with Crippen molar-refractivity contribution in [2.75, 3.05) is 46.4 Å². The lowest BCUT2D eigenvalue weighted by molar-refractivity contribution is -0.129. The van der Waals surface area contributed by atoms with Gasteiger partial charge in [0.05, 0.1) is 16.6 Å². The summed E-state index contributed by atoms with van der Waals surface area (Å²) < 4.78 is 5.07. The van der Waals surface area contributed by atoms with Crippen molar-refractivity contribution in [2.24, 2.45) is 5.92 Å². The van der Waals surface area contributed by atoms with Crippen LogP contribution < -0.4 is 5.32 Å². The number of nitrogens with one attached hydrogen (secondary N) is 1.